The Bertz CT molecular complexity index is 600. The SMILES string of the molecule is CCOc1ccccc1C[C@@H](c1ccccc1)N1CCNCC1.Cl. The summed E-state index contributed by atoms with van der Waals surface area (Å²) in [6.45, 7) is 7.07. The van der Waals surface area contributed by atoms with Crippen LogP contribution in [0.1, 0.15) is 24.1 Å². The Morgan fingerprint density at radius 1 is 1.00 bits per heavy atom. The van der Waals surface area contributed by atoms with E-state index < -0.39 is 0 Å². The van der Waals surface area contributed by atoms with Crippen molar-refractivity contribution in [2.45, 2.75) is 19.4 Å². The third kappa shape index (κ3) is 4.73. The summed E-state index contributed by atoms with van der Waals surface area (Å²) in [5, 5.41) is 3.45. The Morgan fingerprint density at radius 3 is 2.38 bits per heavy atom. The van der Waals surface area contributed by atoms with E-state index in [1.165, 1.54) is 11.1 Å². The van der Waals surface area contributed by atoms with E-state index in [2.05, 4.69) is 64.8 Å². The standard InChI is InChI=1S/C20H26N2O.ClH/c1-2-23-20-11-7-6-10-18(20)16-19(17-8-4-3-5-9-17)22-14-12-21-13-15-22;/h3-11,19,21H,2,12-16H2,1H3;1H/t19-;/m0./s1. The van der Waals surface area contributed by atoms with Crippen LogP contribution in [0.3, 0.4) is 0 Å². The van der Waals surface area contributed by atoms with Crippen molar-refractivity contribution in [1.29, 1.82) is 0 Å². The van der Waals surface area contributed by atoms with Crippen LogP contribution in [0, 0.1) is 0 Å². The molecule has 4 heteroatoms. The fraction of sp³-hybridized carbons (Fsp3) is 0.400. The molecule has 1 saturated heterocycles. The molecule has 0 aliphatic carbocycles. The minimum absolute atomic E-state index is 0. The fourth-order valence-electron chi connectivity index (χ4n) is 3.30. The lowest BCUT2D eigenvalue weighted by Crippen LogP contribution is -2.45. The van der Waals surface area contributed by atoms with E-state index in [4.69, 9.17) is 4.74 Å². The van der Waals surface area contributed by atoms with E-state index in [1.54, 1.807) is 0 Å². The van der Waals surface area contributed by atoms with E-state index >= 15 is 0 Å². The topological polar surface area (TPSA) is 24.5 Å². The first-order chi connectivity index (χ1) is 11.4. The number of benzene rings is 2. The van der Waals surface area contributed by atoms with E-state index in [0.29, 0.717) is 12.6 Å². The Hall–Kier alpha value is -1.55. The van der Waals surface area contributed by atoms with Crippen molar-refractivity contribution in [2.24, 2.45) is 0 Å². The average molecular weight is 347 g/mol. The van der Waals surface area contributed by atoms with Crippen molar-refractivity contribution in [1.82, 2.24) is 10.2 Å². The van der Waals surface area contributed by atoms with Gasteiger partial charge in [0.05, 0.1) is 6.61 Å². The summed E-state index contributed by atoms with van der Waals surface area (Å²) in [6.07, 6.45) is 0.986. The Labute approximate surface area is 151 Å². The third-order valence-electron chi connectivity index (χ3n) is 4.46. The highest BCUT2D eigenvalue weighted by Crippen LogP contribution is 2.29. The van der Waals surface area contributed by atoms with E-state index in [9.17, 15) is 0 Å². The predicted octanol–water partition coefficient (Wildman–Crippen LogP) is 3.70. The number of hydrogen-bond donors (Lipinski definition) is 1. The zero-order valence-corrected chi connectivity index (χ0v) is 15.1. The monoisotopic (exact) mass is 346 g/mol. The smallest absolute Gasteiger partial charge is 0.122 e. The zero-order chi connectivity index (χ0) is 15.9. The number of piperazine rings is 1. The highest BCUT2D eigenvalue weighted by atomic mass is 35.5. The van der Waals surface area contributed by atoms with Gasteiger partial charge in [0.15, 0.2) is 0 Å². The van der Waals surface area contributed by atoms with Gasteiger partial charge in [-0.1, -0.05) is 48.5 Å². The Balaban J connectivity index is 0.00000208. The van der Waals surface area contributed by atoms with Crippen LogP contribution in [-0.4, -0.2) is 37.7 Å². The number of hydrogen-bond acceptors (Lipinski definition) is 3. The van der Waals surface area contributed by atoms with Gasteiger partial charge in [0.25, 0.3) is 0 Å². The second-order valence-electron chi connectivity index (χ2n) is 5.96. The Morgan fingerprint density at radius 2 is 1.67 bits per heavy atom. The molecule has 1 aliphatic rings. The molecule has 0 bridgehead atoms. The molecule has 1 N–H and O–H groups in total. The minimum atomic E-state index is 0. The van der Waals surface area contributed by atoms with E-state index in [-0.39, 0.29) is 12.4 Å². The quantitative estimate of drug-likeness (QED) is 0.863. The number of nitrogens with one attached hydrogen (secondary N) is 1. The van der Waals surface area contributed by atoms with Gasteiger partial charge in [-0.05, 0) is 30.5 Å². The van der Waals surface area contributed by atoms with Crippen molar-refractivity contribution < 1.29 is 4.74 Å². The lowest BCUT2D eigenvalue weighted by Gasteiger charge is -2.35. The van der Waals surface area contributed by atoms with Crippen LogP contribution < -0.4 is 10.1 Å². The van der Waals surface area contributed by atoms with Crippen molar-refractivity contribution in [3.05, 3.63) is 65.7 Å². The van der Waals surface area contributed by atoms with Gasteiger partial charge in [-0.2, -0.15) is 0 Å². The first-order valence-electron chi connectivity index (χ1n) is 8.59. The molecule has 3 rings (SSSR count). The molecule has 0 amide bonds. The van der Waals surface area contributed by atoms with Gasteiger partial charge < -0.3 is 10.1 Å². The molecule has 1 atom stereocenters. The summed E-state index contributed by atoms with van der Waals surface area (Å²) in [7, 11) is 0. The molecular formula is C20H27ClN2O. The molecule has 130 valence electrons. The first kappa shape index (κ1) is 18.8. The molecule has 1 fully saturated rings. The third-order valence-corrected chi connectivity index (χ3v) is 4.46. The summed E-state index contributed by atoms with van der Waals surface area (Å²) in [6, 6.07) is 19.7. The molecule has 1 heterocycles. The van der Waals surface area contributed by atoms with E-state index in [1.807, 2.05) is 6.92 Å². The van der Waals surface area contributed by atoms with Crippen LogP contribution in [0.4, 0.5) is 0 Å². The summed E-state index contributed by atoms with van der Waals surface area (Å²) >= 11 is 0. The highest BCUT2D eigenvalue weighted by Gasteiger charge is 2.23. The minimum Gasteiger partial charge on any atom is -0.494 e. The van der Waals surface area contributed by atoms with Gasteiger partial charge in [0, 0.05) is 32.2 Å². The summed E-state index contributed by atoms with van der Waals surface area (Å²) in [5.74, 6) is 1.02. The van der Waals surface area contributed by atoms with Gasteiger partial charge in [-0.3, -0.25) is 4.90 Å². The van der Waals surface area contributed by atoms with E-state index in [0.717, 1.165) is 38.3 Å². The maximum absolute atomic E-state index is 5.83. The van der Waals surface area contributed by atoms with Gasteiger partial charge in [0.2, 0.25) is 0 Å². The molecule has 0 spiro atoms. The maximum Gasteiger partial charge on any atom is 0.122 e. The van der Waals surface area contributed by atoms with Crippen molar-refractivity contribution in [2.75, 3.05) is 32.8 Å². The molecule has 0 radical (unpaired) electrons. The van der Waals surface area contributed by atoms with Crippen LogP contribution in [0.25, 0.3) is 0 Å². The summed E-state index contributed by atoms with van der Waals surface area (Å²) in [4.78, 5) is 2.59. The lowest BCUT2D eigenvalue weighted by molar-refractivity contribution is 0.171. The van der Waals surface area contributed by atoms with Crippen molar-refractivity contribution in [3.63, 3.8) is 0 Å². The van der Waals surface area contributed by atoms with Crippen molar-refractivity contribution in [3.8, 4) is 5.75 Å². The fourth-order valence-corrected chi connectivity index (χ4v) is 3.30. The molecule has 0 saturated carbocycles. The molecule has 24 heavy (non-hydrogen) atoms. The van der Waals surface area contributed by atoms with Crippen LogP contribution in [0.5, 0.6) is 5.75 Å². The summed E-state index contributed by atoms with van der Waals surface area (Å²) < 4.78 is 5.83. The van der Waals surface area contributed by atoms with Crippen LogP contribution in [0.15, 0.2) is 54.6 Å². The number of ether oxygens (including phenoxy) is 1. The van der Waals surface area contributed by atoms with Gasteiger partial charge in [-0.15, -0.1) is 12.4 Å². The molecule has 3 nitrogen and oxygen atoms in total. The van der Waals surface area contributed by atoms with Gasteiger partial charge in [-0.25, -0.2) is 0 Å². The molecule has 2 aromatic carbocycles. The second kappa shape index (κ2) is 9.67. The average Bonchev–Trinajstić information content (AvgIpc) is 2.63. The molecule has 1 aliphatic heterocycles. The lowest BCUT2D eigenvalue weighted by atomic mass is 9.96. The molecule has 0 aromatic heterocycles. The van der Waals surface area contributed by atoms with Crippen LogP contribution in [-0.2, 0) is 6.42 Å². The maximum atomic E-state index is 5.83. The van der Waals surface area contributed by atoms with Crippen LogP contribution >= 0.6 is 12.4 Å². The number of nitrogens with zero attached hydrogens (tertiary/aromatic N) is 1. The summed E-state index contributed by atoms with van der Waals surface area (Å²) in [5.41, 5.74) is 2.68. The molecule has 0 unspecified atom stereocenters. The Kier molecular flexibility index (Phi) is 7.57. The normalized spacial score (nSPS) is 16.2. The molecular weight excluding hydrogens is 320 g/mol. The van der Waals surface area contributed by atoms with Gasteiger partial charge in [0.1, 0.15) is 5.75 Å². The molecule has 2 aromatic rings. The largest absolute Gasteiger partial charge is 0.494 e. The number of rotatable bonds is 6. The predicted molar refractivity (Wildman–Crippen MR) is 102 cm³/mol. The van der Waals surface area contributed by atoms with Crippen LogP contribution in [0.2, 0.25) is 0 Å². The second-order valence-corrected chi connectivity index (χ2v) is 5.96. The van der Waals surface area contributed by atoms with Crippen molar-refractivity contribution >= 4 is 12.4 Å². The number of halogens is 1. The zero-order valence-electron chi connectivity index (χ0n) is 14.3. The number of para-hydroxylation sites is 1. The first-order valence-corrected chi connectivity index (χ1v) is 8.59. The highest BCUT2D eigenvalue weighted by molar-refractivity contribution is 5.85. The van der Waals surface area contributed by atoms with Gasteiger partial charge >= 0.3 is 0 Å².